The Kier molecular flexibility index (Phi) is 6.18. The number of nitrogens with one attached hydrogen (secondary N) is 1. The lowest BCUT2D eigenvalue weighted by Crippen LogP contribution is -2.45. The van der Waals surface area contributed by atoms with E-state index in [-0.39, 0.29) is 30.6 Å². The minimum Gasteiger partial charge on any atom is -0.481 e. The lowest BCUT2D eigenvalue weighted by Gasteiger charge is -2.33. The van der Waals surface area contributed by atoms with Crippen LogP contribution in [-0.2, 0) is 14.4 Å². The molecule has 21 heavy (non-hydrogen) atoms. The second-order valence-corrected chi connectivity index (χ2v) is 6.70. The summed E-state index contributed by atoms with van der Waals surface area (Å²) >= 11 is 0. The number of carboxylic acids is 1. The molecule has 1 heterocycles. The Bertz CT molecular complexity index is 401. The van der Waals surface area contributed by atoms with Crippen LogP contribution in [0.5, 0.6) is 0 Å². The number of hydrogen-bond acceptors (Lipinski definition) is 3. The number of hydrogen-bond donors (Lipinski definition) is 2. The van der Waals surface area contributed by atoms with Crippen molar-refractivity contribution in [3.8, 4) is 0 Å². The van der Waals surface area contributed by atoms with Crippen LogP contribution in [0.25, 0.3) is 0 Å². The Morgan fingerprint density at radius 2 is 1.90 bits per heavy atom. The van der Waals surface area contributed by atoms with Gasteiger partial charge in [-0.15, -0.1) is 0 Å². The monoisotopic (exact) mass is 298 g/mol. The van der Waals surface area contributed by atoms with Gasteiger partial charge in [0.2, 0.25) is 11.8 Å². The Balaban J connectivity index is 2.40. The van der Waals surface area contributed by atoms with Crippen LogP contribution < -0.4 is 5.32 Å². The average Bonchev–Trinajstić information content (AvgIpc) is 2.41. The first kappa shape index (κ1) is 17.5. The van der Waals surface area contributed by atoms with Crippen molar-refractivity contribution in [3.63, 3.8) is 0 Å². The molecular weight excluding hydrogens is 272 g/mol. The summed E-state index contributed by atoms with van der Waals surface area (Å²) in [4.78, 5) is 36.0. The molecule has 1 aliphatic rings. The van der Waals surface area contributed by atoms with E-state index < -0.39 is 11.4 Å². The van der Waals surface area contributed by atoms with Crippen molar-refractivity contribution in [2.24, 2.45) is 11.3 Å². The van der Waals surface area contributed by atoms with Crippen LogP contribution in [0, 0.1) is 11.3 Å². The van der Waals surface area contributed by atoms with E-state index in [9.17, 15) is 14.4 Å². The minimum absolute atomic E-state index is 0.0110. The van der Waals surface area contributed by atoms with Crippen LogP contribution >= 0.6 is 0 Å². The van der Waals surface area contributed by atoms with E-state index in [1.807, 2.05) is 20.8 Å². The maximum Gasteiger partial charge on any atom is 0.303 e. The van der Waals surface area contributed by atoms with Crippen molar-refractivity contribution in [1.82, 2.24) is 10.2 Å². The van der Waals surface area contributed by atoms with Gasteiger partial charge in [-0.1, -0.05) is 20.8 Å². The molecule has 2 amide bonds. The van der Waals surface area contributed by atoms with Gasteiger partial charge in [0.05, 0.1) is 6.42 Å². The molecule has 2 N–H and O–H groups in total. The second-order valence-electron chi connectivity index (χ2n) is 6.70. The molecule has 1 unspecified atom stereocenters. The number of carboxylic acid groups (broad SMARTS) is 1. The fraction of sp³-hybridized carbons (Fsp3) is 0.800. The zero-order valence-corrected chi connectivity index (χ0v) is 13.1. The van der Waals surface area contributed by atoms with Crippen LogP contribution in [0.4, 0.5) is 0 Å². The smallest absolute Gasteiger partial charge is 0.303 e. The fourth-order valence-corrected chi connectivity index (χ4v) is 2.33. The molecule has 0 bridgehead atoms. The molecule has 6 nitrogen and oxygen atoms in total. The number of likely N-dealkylation sites (tertiary alicyclic amines) is 1. The van der Waals surface area contributed by atoms with Crippen LogP contribution in [0.15, 0.2) is 0 Å². The van der Waals surface area contributed by atoms with Crippen molar-refractivity contribution in [2.45, 2.75) is 46.5 Å². The highest BCUT2D eigenvalue weighted by molar-refractivity contribution is 5.81. The van der Waals surface area contributed by atoms with E-state index in [0.29, 0.717) is 19.6 Å². The van der Waals surface area contributed by atoms with Gasteiger partial charge in [-0.3, -0.25) is 14.4 Å². The zero-order valence-electron chi connectivity index (χ0n) is 13.1. The molecule has 120 valence electrons. The third-order valence-electron chi connectivity index (χ3n) is 3.66. The zero-order chi connectivity index (χ0) is 16.0. The number of carbonyl (C=O) groups excluding carboxylic acids is 2. The van der Waals surface area contributed by atoms with Crippen LogP contribution in [-0.4, -0.2) is 47.4 Å². The van der Waals surface area contributed by atoms with Gasteiger partial charge < -0.3 is 15.3 Å². The summed E-state index contributed by atoms with van der Waals surface area (Å²) in [5.41, 5.74) is -0.411. The summed E-state index contributed by atoms with van der Waals surface area (Å²) in [5.74, 6) is -0.797. The van der Waals surface area contributed by atoms with E-state index in [4.69, 9.17) is 5.11 Å². The quantitative estimate of drug-likeness (QED) is 0.800. The van der Waals surface area contributed by atoms with Gasteiger partial charge in [-0.25, -0.2) is 0 Å². The molecule has 1 fully saturated rings. The Morgan fingerprint density at radius 1 is 1.24 bits per heavy atom. The van der Waals surface area contributed by atoms with E-state index in [1.165, 1.54) is 0 Å². The molecule has 0 radical (unpaired) electrons. The van der Waals surface area contributed by atoms with Gasteiger partial charge in [0, 0.05) is 31.5 Å². The van der Waals surface area contributed by atoms with Crippen molar-refractivity contribution >= 4 is 17.8 Å². The molecule has 0 aliphatic carbocycles. The molecule has 0 spiro atoms. The molecule has 6 heteroatoms. The highest BCUT2D eigenvalue weighted by Crippen LogP contribution is 2.18. The van der Waals surface area contributed by atoms with Crippen molar-refractivity contribution in [1.29, 1.82) is 0 Å². The molecule has 1 aliphatic heterocycles. The highest BCUT2D eigenvalue weighted by atomic mass is 16.4. The maximum atomic E-state index is 11.9. The van der Waals surface area contributed by atoms with E-state index in [2.05, 4.69) is 5.32 Å². The van der Waals surface area contributed by atoms with Crippen LogP contribution in [0.2, 0.25) is 0 Å². The number of carbonyl (C=O) groups is 3. The molecular formula is C15H26N2O4. The van der Waals surface area contributed by atoms with Crippen LogP contribution in [0.1, 0.15) is 46.5 Å². The van der Waals surface area contributed by atoms with Crippen molar-refractivity contribution < 1.29 is 19.5 Å². The number of piperidine rings is 1. The summed E-state index contributed by atoms with van der Waals surface area (Å²) in [6.45, 7) is 7.45. The summed E-state index contributed by atoms with van der Waals surface area (Å²) in [5, 5.41) is 11.5. The van der Waals surface area contributed by atoms with Crippen molar-refractivity contribution in [2.75, 3.05) is 19.6 Å². The summed E-state index contributed by atoms with van der Waals surface area (Å²) in [6.07, 6.45) is 1.80. The SMILES string of the molecule is CC(C)(C)C(=O)NCC1CCCN(C(=O)CCC(=O)O)C1. The Labute approximate surface area is 125 Å². The van der Waals surface area contributed by atoms with Crippen molar-refractivity contribution in [3.05, 3.63) is 0 Å². The largest absolute Gasteiger partial charge is 0.481 e. The molecule has 0 saturated carbocycles. The van der Waals surface area contributed by atoms with E-state index in [0.717, 1.165) is 12.8 Å². The lowest BCUT2D eigenvalue weighted by molar-refractivity contribution is -0.141. The number of amides is 2. The first-order chi connectivity index (χ1) is 9.70. The molecule has 0 aromatic carbocycles. The molecule has 1 saturated heterocycles. The predicted molar refractivity (Wildman–Crippen MR) is 78.6 cm³/mol. The summed E-state index contributed by atoms with van der Waals surface area (Å²) in [6, 6.07) is 0. The normalized spacial score (nSPS) is 19.2. The first-order valence-corrected chi connectivity index (χ1v) is 7.48. The van der Waals surface area contributed by atoms with E-state index in [1.54, 1.807) is 4.90 Å². The molecule has 0 aromatic heterocycles. The highest BCUT2D eigenvalue weighted by Gasteiger charge is 2.26. The maximum absolute atomic E-state index is 11.9. The van der Waals surface area contributed by atoms with E-state index >= 15 is 0 Å². The average molecular weight is 298 g/mol. The number of rotatable bonds is 5. The van der Waals surface area contributed by atoms with Gasteiger partial charge in [-0.05, 0) is 18.8 Å². The second kappa shape index (κ2) is 7.43. The fourth-order valence-electron chi connectivity index (χ4n) is 2.33. The number of aliphatic carboxylic acids is 1. The molecule has 1 rings (SSSR count). The molecule has 1 atom stereocenters. The van der Waals surface area contributed by atoms with Gasteiger partial charge in [0.15, 0.2) is 0 Å². The topological polar surface area (TPSA) is 86.7 Å². The van der Waals surface area contributed by atoms with Gasteiger partial charge in [0.25, 0.3) is 0 Å². The summed E-state index contributed by atoms with van der Waals surface area (Å²) in [7, 11) is 0. The van der Waals surface area contributed by atoms with Gasteiger partial charge in [0.1, 0.15) is 0 Å². The Morgan fingerprint density at radius 3 is 2.48 bits per heavy atom. The Hall–Kier alpha value is -1.59. The van der Waals surface area contributed by atoms with Gasteiger partial charge >= 0.3 is 5.97 Å². The standard InChI is InChI=1S/C15H26N2O4/c1-15(2,3)14(21)16-9-11-5-4-8-17(10-11)12(18)6-7-13(19)20/h11H,4-10H2,1-3H3,(H,16,21)(H,19,20). The predicted octanol–water partition coefficient (Wildman–Crippen LogP) is 1.25. The van der Waals surface area contributed by atoms with Gasteiger partial charge in [-0.2, -0.15) is 0 Å². The minimum atomic E-state index is -0.950. The third kappa shape index (κ3) is 6.14. The lowest BCUT2D eigenvalue weighted by atomic mass is 9.94. The van der Waals surface area contributed by atoms with Crippen LogP contribution in [0.3, 0.4) is 0 Å². The molecule has 0 aromatic rings. The summed E-state index contributed by atoms with van der Waals surface area (Å²) < 4.78 is 0. The number of nitrogens with zero attached hydrogens (tertiary/aromatic N) is 1. The third-order valence-corrected chi connectivity index (χ3v) is 3.66. The first-order valence-electron chi connectivity index (χ1n) is 7.48.